The lowest BCUT2D eigenvalue weighted by molar-refractivity contribution is -0.131. The van der Waals surface area contributed by atoms with Crippen LogP contribution in [0.1, 0.15) is 66.4 Å². The van der Waals surface area contributed by atoms with Crippen molar-refractivity contribution in [3.05, 3.63) is 59.3 Å². The van der Waals surface area contributed by atoms with Crippen molar-refractivity contribution < 1.29 is 19.2 Å². The highest BCUT2D eigenvalue weighted by molar-refractivity contribution is 5.80. The number of nitrogens with two attached hydrogens (primary N) is 1. The van der Waals surface area contributed by atoms with Gasteiger partial charge in [0.25, 0.3) is 0 Å². The van der Waals surface area contributed by atoms with E-state index >= 15 is 0 Å². The normalized spacial score (nSPS) is 14.2. The molecule has 0 saturated carbocycles. The molecule has 2 amide bonds. The molecule has 3 N–H and O–H groups in total. The highest BCUT2D eigenvalue weighted by Gasteiger charge is 2.21. The van der Waals surface area contributed by atoms with Crippen molar-refractivity contribution >= 4 is 30.2 Å². The zero-order valence-electron chi connectivity index (χ0n) is 22.0. The number of nitrogens with one attached hydrogen (secondary N) is 1. The summed E-state index contributed by atoms with van der Waals surface area (Å²) in [7, 11) is 0. The Kier molecular flexibility index (Phi) is 11.9. The van der Waals surface area contributed by atoms with Gasteiger partial charge in [-0.05, 0) is 55.0 Å². The number of primary amides is 1. The topological polar surface area (TPSA) is 126 Å². The molecule has 1 atom stereocenters. The van der Waals surface area contributed by atoms with Crippen LogP contribution in [0.4, 0.5) is 5.82 Å². The van der Waals surface area contributed by atoms with E-state index in [1.165, 1.54) is 0 Å². The van der Waals surface area contributed by atoms with Gasteiger partial charge in [0, 0.05) is 57.3 Å². The summed E-state index contributed by atoms with van der Waals surface area (Å²) in [6.45, 7) is 3.43. The Morgan fingerprint density at radius 1 is 1.03 bits per heavy atom. The van der Waals surface area contributed by atoms with Crippen LogP contribution < -0.4 is 16.0 Å². The van der Waals surface area contributed by atoms with Crippen molar-refractivity contribution in [3.8, 4) is 0 Å². The van der Waals surface area contributed by atoms with Crippen LogP contribution in [0.25, 0.3) is 0 Å². The first-order valence-electron chi connectivity index (χ1n) is 13.5. The largest absolute Gasteiger partial charge is 0.368 e. The van der Waals surface area contributed by atoms with Crippen molar-refractivity contribution in [2.75, 3.05) is 31.1 Å². The minimum Gasteiger partial charge on any atom is -0.368 e. The molecule has 204 valence electrons. The predicted octanol–water partition coefficient (Wildman–Crippen LogP) is 2.66. The average Bonchev–Trinajstić information content (AvgIpc) is 2.95. The molecule has 1 aliphatic rings. The van der Waals surface area contributed by atoms with Crippen LogP contribution in [0.15, 0.2) is 42.6 Å². The quantitative estimate of drug-likeness (QED) is 0.257. The fourth-order valence-corrected chi connectivity index (χ4v) is 4.73. The van der Waals surface area contributed by atoms with Gasteiger partial charge in [-0.25, -0.2) is 4.98 Å². The van der Waals surface area contributed by atoms with Crippen molar-refractivity contribution in [3.63, 3.8) is 0 Å². The number of anilines is 1. The van der Waals surface area contributed by atoms with Gasteiger partial charge in [0.15, 0.2) is 0 Å². The van der Waals surface area contributed by atoms with Gasteiger partial charge < -0.3 is 25.6 Å². The SMILES string of the molecule is NC(=O)C(CCC=O)NCc1ccc(CCCCCCC(=O)N2CCN(c3ccccn3)CC2)cc1C=O. The molecule has 1 aromatic carbocycles. The summed E-state index contributed by atoms with van der Waals surface area (Å²) in [6.07, 6.45) is 9.30. The van der Waals surface area contributed by atoms with E-state index < -0.39 is 11.9 Å². The minimum absolute atomic E-state index is 0.232. The molecule has 1 aliphatic heterocycles. The van der Waals surface area contributed by atoms with Crippen LogP contribution >= 0.6 is 0 Å². The number of aldehydes is 2. The van der Waals surface area contributed by atoms with Crippen molar-refractivity contribution in [2.45, 2.75) is 64.0 Å². The molecule has 3 rings (SSSR count). The Labute approximate surface area is 224 Å². The summed E-state index contributed by atoms with van der Waals surface area (Å²) in [5.74, 6) is 0.685. The number of carbonyl (C=O) groups excluding carboxylic acids is 4. The number of unbranched alkanes of at least 4 members (excludes halogenated alkanes) is 3. The number of hydrogen-bond donors (Lipinski definition) is 2. The van der Waals surface area contributed by atoms with E-state index in [1.807, 2.05) is 41.3 Å². The second-order valence-electron chi connectivity index (χ2n) is 9.70. The van der Waals surface area contributed by atoms with Gasteiger partial charge in [-0.2, -0.15) is 0 Å². The lowest BCUT2D eigenvalue weighted by atomic mass is 9.99. The molecule has 9 heteroatoms. The summed E-state index contributed by atoms with van der Waals surface area (Å²) in [4.78, 5) is 54.9. The van der Waals surface area contributed by atoms with Crippen molar-refractivity contribution in [1.29, 1.82) is 0 Å². The van der Waals surface area contributed by atoms with Crippen LogP contribution in [0.5, 0.6) is 0 Å². The Hall–Kier alpha value is -3.59. The van der Waals surface area contributed by atoms with Gasteiger partial charge in [0.1, 0.15) is 18.4 Å². The number of amides is 2. The predicted molar refractivity (Wildman–Crippen MR) is 147 cm³/mol. The second-order valence-corrected chi connectivity index (χ2v) is 9.70. The number of aryl methyl sites for hydroxylation is 1. The number of aromatic nitrogens is 1. The highest BCUT2D eigenvalue weighted by Crippen LogP contribution is 2.16. The van der Waals surface area contributed by atoms with E-state index in [0.717, 1.165) is 87.8 Å². The number of carbonyl (C=O) groups is 4. The molecule has 2 aromatic rings. The summed E-state index contributed by atoms with van der Waals surface area (Å²) in [6, 6.07) is 11.1. The van der Waals surface area contributed by atoms with E-state index in [-0.39, 0.29) is 12.3 Å². The Morgan fingerprint density at radius 3 is 2.50 bits per heavy atom. The second kappa shape index (κ2) is 15.6. The van der Waals surface area contributed by atoms with Crippen molar-refractivity contribution in [1.82, 2.24) is 15.2 Å². The zero-order valence-corrected chi connectivity index (χ0v) is 22.0. The number of piperazine rings is 1. The first-order valence-corrected chi connectivity index (χ1v) is 13.5. The fourth-order valence-electron chi connectivity index (χ4n) is 4.73. The Morgan fingerprint density at radius 2 is 1.82 bits per heavy atom. The van der Waals surface area contributed by atoms with Crippen LogP contribution in [0.2, 0.25) is 0 Å². The van der Waals surface area contributed by atoms with Gasteiger partial charge in [-0.15, -0.1) is 0 Å². The van der Waals surface area contributed by atoms with E-state index in [0.29, 0.717) is 24.9 Å². The molecule has 1 unspecified atom stereocenters. The van der Waals surface area contributed by atoms with Gasteiger partial charge >= 0.3 is 0 Å². The third-order valence-electron chi connectivity index (χ3n) is 7.00. The van der Waals surface area contributed by atoms with Crippen LogP contribution in [0.3, 0.4) is 0 Å². The molecule has 0 radical (unpaired) electrons. The number of nitrogens with zero attached hydrogens (tertiary/aromatic N) is 3. The lowest BCUT2D eigenvalue weighted by Crippen LogP contribution is -2.49. The standard InChI is InChI=1S/C29H39N5O4/c30-29(38)26(9-7-19-35)32-21-24-13-12-23(20-25(24)22-36)8-3-1-2-4-11-28(37)34-17-15-33(16-18-34)27-10-5-6-14-31-27/h5-6,10,12-14,19-20,22,26,32H,1-4,7-9,11,15-18,21H2,(H2,30,38). The maximum Gasteiger partial charge on any atom is 0.234 e. The average molecular weight is 522 g/mol. The molecule has 0 bridgehead atoms. The molecule has 38 heavy (non-hydrogen) atoms. The molecule has 0 aliphatic carbocycles. The first kappa shape index (κ1) is 29.0. The number of rotatable bonds is 16. The fraction of sp³-hybridized carbons (Fsp3) is 0.483. The highest BCUT2D eigenvalue weighted by atomic mass is 16.2. The maximum atomic E-state index is 12.6. The zero-order chi connectivity index (χ0) is 27.2. The summed E-state index contributed by atoms with van der Waals surface area (Å²) >= 11 is 0. The third kappa shape index (κ3) is 9.06. The Balaban J connectivity index is 1.32. The van der Waals surface area contributed by atoms with E-state index in [1.54, 1.807) is 6.20 Å². The molecule has 9 nitrogen and oxygen atoms in total. The molecule has 1 aromatic heterocycles. The van der Waals surface area contributed by atoms with Gasteiger partial charge in [0.2, 0.25) is 11.8 Å². The van der Waals surface area contributed by atoms with Crippen LogP contribution in [0, 0.1) is 0 Å². The van der Waals surface area contributed by atoms with Gasteiger partial charge in [0.05, 0.1) is 6.04 Å². The molecular weight excluding hydrogens is 482 g/mol. The van der Waals surface area contributed by atoms with Gasteiger partial charge in [-0.1, -0.05) is 31.0 Å². The number of pyridine rings is 1. The van der Waals surface area contributed by atoms with E-state index in [2.05, 4.69) is 15.2 Å². The number of benzene rings is 1. The Bertz CT molecular complexity index is 1050. The summed E-state index contributed by atoms with van der Waals surface area (Å²) in [5.41, 5.74) is 7.86. The van der Waals surface area contributed by atoms with Crippen LogP contribution in [-0.4, -0.2) is 66.5 Å². The molecule has 0 spiro atoms. The minimum atomic E-state index is -0.609. The third-order valence-corrected chi connectivity index (χ3v) is 7.00. The smallest absolute Gasteiger partial charge is 0.234 e. The first-order chi connectivity index (χ1) is 18.5. The van der Waals surface area contributed by atoms with Crippen molar-refractivity contribution in [2.24, 2.45) is 5.73 Å². The molecule has 2 heterocycles. The van der Waals surface area contributed by atoms with E-state index in [9.17, 15) is 19.2 Å². The maximum absolute atomic E-state index is 12.6. The molecular formula is C29H39N5O4. The monoisotopic (exact) mass is 521 g/mol. The lowest BCUT2D eigenvalue weighted by Gasteiger charge is -2.35. The number of hydrogen-bond acceptors (Lipinski definition) is 7. The summed E-state index contributed by atoms with van der Waals surface area (Å²) in [5, 5.41) is 3.04. The van der Waals surface area contributed by atoms with Gasteiger partial charge in [-0.3, -0.25) is 14.4 Å². The molecule has 1 saturated heterocycles. The molecule has 1 fully saturated rings. The van der Waals surface area contributed by atoms with Crippen LogP contribution in [-0.2, 0) is 27.3 Å². The summed E-state index contributed by atoms with van der Waals surface area (Å²) < 4.78 is 0. The van der Waals surface area contributed by atoms with E-state index in [4.69, 9.17) is 5.73 Å².